The first-order chi connectivity index (χ1) is 9.08. The first-order valence-electron chi connectivity index (χ1n) is 6.68. The number of hydrogen-bond donors (Lipinski definition) is 2. The van der Waals surface area contributed by atoms with Crippen molar-refractivity contribution in [1.29, 1.82) is 0 Å². The summed E-state index contributed by atoms with van der Waals surface area (Å²) in [5.41, 5.74) is 6.85. The number of nitrogens with one attached hydrogen (secondary N) is 1. The predicted molar refractivity (Wildman–Crippen MR) is 78.8 cm³/mol. The zero-order valence-corrected chi connectivity index (χ0v) is 11.9. The Bertz CT molecular complexity index is 468. The van der Waals surface area contributed by atoms with Gasteiger partial charge in [-0.1, -0.05) is 32.1 Å². The van der Waals surface area contributed by atoms with E-state index in [0.717, 1.165) is 12.0 Å². The van der Waals surface area contributed by atoms with Gasteiger partial charge in [-0.15, -0.1) is 0 Å². The molecule has 0 heterocycles. The highest BCUT2D eigenvalue weighted by Crippen LogP contribution is 2.09. The molecule has 0 saturated carbocycles. The van der Waals surface area contributed by atoms with E-state index in [2.05, 4.69) is 31.0 Å². The lowest BCUT2D eigenvalue weighted by molar-refractivity contribution is 0.0928. The molecule has 2 atom stereocenters. The molecule has 0 aliphatic heterocycles. The fraction of sp³-hybridized carbons (Fsp3) is 0.438. The first-order valence-corrected chi connectivity index (χ1v) is 6.68. The van der Waals surface area contributed by atoms with Crippen LogP contribution in [0.2, 0.25) is 0 Å². The van der Waals surface area contributed by atoms with Gasteiger partial charge < -0.3 is 11.1 Å². The van der Waals surface area contributed by atoms with Gasteiger partial charge in [0.2, 0.25) is 0 Å². The quantitative estimate of drug-likeness (QED) is 0.813. The Kier molecular flexibility index (Phi) is 6.11. The van der Waals surface area contributed by atoms with Crippen molar-refractivity contribution < 1.29 is 4.79 Å². The maximum atomic E-state index is 12.0. The fourth-order valence-corrected chi connectivity index (χ4v) is 1.64. The van der Waals surface area contributed by atoms with E-state index < -0.39 is 0 Å². The molecule has 0 aliphatic carbocycles. The van der Waals surface area contributed by atoms with E-state index in [1.807, 2.05) is 19.1 Å². The number of amides is 1. The number of carbonyl (C=O) groups excluding carboxylic acids is 1. The van der Waals surface area contributed by atoms with Gasteiger partial charge in [0.15, 0.2) is 0 Å². The van der Waals surface area contributed by atoms with Crippen LogP contribution >= 0.6 is 0 Å². The second-order valence-electron chi connectivity index (χ2n) is 4.73. The monoisotopic (exact) mass is 258 g/mol. The minimum atomic E-state index is -0.0360. The van der Waals surface area contributed by atoms with Crippen molar-refractivity contribution in [3.05, 3.63) is 35.4 Å². The number of hydrogen-bond acceptors (Lipinski definition) is 2. The molecule has 3 heteroatoms. The van der Waals surface area contributed by atoms with Gasteiger partial charge >= 0.3 is 0 Å². The van der Waals surface area contributed by atoms with E-state index in [9.17, 15) is 4.79 Å². The van der Waals surface area contributed by atoms with Crippen LogP contribution in [0.1, 0.15) is 43.1 Å². The SMILES string of the molecule is CCC(C)C(C)NC(=O)c1ccc(C#CCN)cc1. The molecule has 0 fully saturated rings. The highest BCUT2D eigenvalue weighted by Gasteiger charge is 2.14. The van der Waals surface area contributed by atoms with Crippen molar-refractivity contribution in [3.8, 4) is 11.8 Å². The third-order valence-corrected chi connectivity index (χ3v) is 3.34. The van der Waals surface area contributed by atoms with E-state index in [0.29, 0.717) is 18.0 Å². The zero-order valence-electron chi connectivity index (χ0n) is 11.9. The average Bonchev–Trinajstić information content (AvgIpc) is 2.44. The summed E-state index contributed by atoms with van der Waals surface area (Å²) in [6.45, 7) is 6.64. The van der Waals surface area contributed by atoms with E-state index in [1.54, 1.807) is 12.1 Å². The first kappa shape index (κ1) is 15.3. The van der Waals surface area contributed by atoms with Crippen LogP contribution in [0.15, 0.2) is 24.3 Å². The summed E-state index contributed by atoms with van der Waals surface area (Å²) >= 11 is 0. The molecule has 19 heavy (non-hydrogen) atoms. The second-order valence-corrected chi connectivity index (χ2v) is 4.73. The van der Waals surface area contributed by atoms with E-state index in [4.69, 9.17) is 5.73 Å². The number of rotatable bonds is 4. The Hall–Kier alpha value is -1.79. The molecule has 0 aromatic heterocycles. The zero-order chi connectivity index (χ0) is 14.3. The molecule has 1 aromatic carbocycles. The van der Waals surface area contributed by atoms with Crippen molar-refractivity contribution in [1.82, 2.24) is 5.32 Å². The second kappa shape index (κ2) is 7.60. The number of carbonyl (C=O) groups is 1. The third-order valence-electron chi connectivity index (χ3n) is 3.34. The Morgan fingerprint density at radius 1 is 1.32 bits per heavy atom. The van der Waals surface area contributed by atoms with Crippen LogP contribution in [0.4, 0.5) is 0 Å². The van der Waals surface area contributed by atoms with Crippen molar-refractivity contribution in [2.75, 3.05) is 6.54 Å². The van der Waals surface area contributed by atoms with Gasteiger partial charge in [0.25, 0.3) is 5.91 Å². The average molecular weight is 258 g/mol. The molecule has 0 aliphatic rings. The lowest BCUT2D eigenvalue weighted by atomic mass is 10.0. The fourth-order valence-electron chi connectivity index (χ4n) is 1.64. The van der Waals surface area contributed by atoms with Crippen LogP contribution in [0, 0.1) is 17.8 Å². The maximum Gasteiger partial charge on any atom is 0.251 e. The highest BCUT2D eigenvalue weighted by molar-refractivity contribution is 5.94. The Labute approximate surface area is 115 Å². The van der Waals surface area contributed by atoms with Crippen molar-refractivity contribution >= 4 is 5.91 Å². The molecular formula is C16H22N2O. The molecule has 1 rings (SSSR count). The molecular weight excluding hydrogens is 236 g/mol. The van der Waals surface area contributed by atoms with Crippen LogP contribution < -0.4 is 11.1 Å². The Morgan fingerprint density at radius 2 is 1.95 bits per heavy atom. The maximum absolute atomic E-state index is 12.0. The molecule has 2 unspecified atom stereocenters. The summed E-state index contributed by atoms with van der Waals surface area (Å²) in [5, 5.41) is 3.01. The van der Waals surface area contributed by atoms with Crippen LogP contribution in [0.3, 0.4) is 0 Å². The van der Waals surface area contributed by atoms with Crippen LogP contribution in [0.25, 0.3) is 0 Å². The van der Waals surface area contributed by atoms with Crippen molar-refractivity contribution in [2.24, 2.45) is 11.7 Å². The van der Waals surface area contributed by atoms with Gasteiger partial charge in [-0.05, 0) is 37.1 Å². The summed E-state index contributed by atoms with van der Waals surface area (Å²) in [4.78, 5) is 12.0. The molecule has 102 valence electrons. The van der Waals surface area contributed by atoms with Crippen molar-refractivity contribution in [3.63, 3.8) is 0 Å². The third kappa shape index (κ3) is 4.76. The minimum absolute atomic E-state index is 0.0360. The minimum Gasteiger partial charge on any atom is -0.349 e. The molecule has 1 aromatic rings. The molecule has 0 spiro atoms. The standard InChI is InChI=1S/C16H22N2O/c1-4-12(2)13(3)18-16(19)15-9-7-14(8-10-15)6-5-11-17/h7-10,12-13H,4,11,17H2,1-3H3,(H,18,19). The summed E-state index contributed by atoms with van der Waals surface area (Å²) < 4.78 is 0. The smallest absolute Gasteiger partial charge is 0.251 e. The van der Waals surface area contributed by atoms with Gasteiger partial charge in [0.1, 0.15) is 0 Å². The summed E-state index contributed by atoms with van der Waals surface area (Å²) in [7, 11) is 0. The number of nitrogens with two attached hydrogens (primary N) is 1. The van der Waals surface area contributed by atoms with Crippen LogP contribution in [-0.4, -0.2) is 18.5 Å². The van der Waals surface area contributed by atoms with Crippen LogP contribution in [-0.2, 0) is 0 Å². The van der Waals surface area contributed by atoms with E-state index in [1.165, 1.54) is 0 Å². The van der Waals surface area contributed by atoms with E-state index >= 15 is 0 Å². The summed E-state index contributed by atoms with van der Waals surface area (Å²) in [5.74, 6) is 6.15. The molecule has 3 nitrogen and oxygen atoms in total. The molecule has 0 radical (unpaired) electrons. The Morgan fingerprint density at radius 3 is 2.47 bits per heavy atom. The van der Waals surface area contributed by atoms with Crippen LogP contribution in [0.5, 0.6) is 0 Å². The van der Waals surface area contributed by atoms with Gasteiger partial charge in [-0.3, -0.25) is 4.79 Å². The van der Waals surface area contributed by atoms with E-state index in [-0.39, 0.29) is 11.9 Å². The summed E-state index contributed by atoms with van der Waals surface area (Å²) in [6.07, 6.45) is 1.05. The Balaban J connectivity index is 2.68. The topological polar surface area (TPSA) is 55.1 Å². The molecule has 3 N–H and O–H groups in total. The lowest BCUT2D eigenvalue weighted by Crippen LogP contribution is -2.36. The largest absolute Gasteiger partial charge is 0.349 e. The van der Waals surface area contributed by atoms with Gasteiger partial charge in [-0.2, -0.15) is 0 Å². The van der Waals surface area contributed by atoms with Gasteiger partial charge in [0.05, 0.1) is 6.54 Å². The van der Waals surface area contributed by atoms with Gasteiger partial charge in [0, 0.05) is 17.2 Å². The highest BCUT2D eigenvalue weighted by atomic mass is 16.1. The van der Waals surface area contributed by atoms with Gasteiger partial charge in [-0.25, -0.2) is 0 Å². The molecule has 1 amide bonds. The summed E-state index contributed by atoms with van der Waals surface area (Å²) in [6, 6.07) is 7.43. The predicted octanol–water partition coefficient (Wildman–Crippen LogP) is 2.16. The van der Waals surface area contributed by atoms with Crippen molar-refractivity contribution in [2.45, 2.75) is 33.2 Å². The lowest BCUT2D eigenvalue weighted by Gasteiger charge is -2.19. The normalized spacial score (nSPS) is 13.1. The molecule has 0 bridgehead atoms. The molecule has 0 saturated heterocycles. The number of benzene rings is 1.